The summed E-state index contributed by atoms with van der Waals surface area (Å²) in [5.74, 6) is 1.50. The summed E-state index contributed by atoms with van der Waals surface area (Å²) in [5, 5.41) is 0. The van der Waals surface area contributed by atoms with Gasteiger partial charge in [-0.3, -0.25) is 0 Å². The highest BCUT2D eigenvalue weighted by Crippen LogP contribution is 2.40. The molecule has 0 saturated carbocycles. The molecule has 2 bridgehead atoms. The van der Waals surface area contributed by atoms with Crippen molar-refractivity contribution in [2.75, 3.05) is 11.4 Å². The van der Waals surface area contributed by atoms with E-state index in [1.165, 1.54) is 37.1 Å². The highest BCUT2D eigenvalue weighted by Gasteiger charge is 2.27. The van der Waals surface area contributed by atoms with Crippen LogP contribution in [0.3, 0.4) is 0 Å². The fourth-order valence-corrected chi connectivity index (χ4v) is 4.02. The van der Waals surface area contributed by atoms with E-state index in [1.807, 2.05) is 0 Å². The summed E-state index contributed by atoms with van der Waals surface area (Å²) in [4.78, 5) is 2.44. The molecule has 0 radical (unpaired) electrons. The molecule has 0 heterocycles. The van der Waals surface area contributed by atoms with Crippen LogP contribution in [0.4, 0.5) is 11.4 Å². The largest absolute Gasteiger partial charge is 0.341 e. The van der Waals surface area contributed by atoms with E-state index >= 15 is 0 Å². The standard InChI is InChI=1S/C23H25N/c1-3-10-22(11-4-1)24(23-12-5-2-6-13-23)16-8-7-9-20-17-19-14-15-21(20)18-19/h1-6,10-15,17,19,21H,7-9,16,18H2/t19-,21-/m1/s1. The van der Waals surface area contributed by atoms with E-state index in [1.54, 1.807) is 5.57 Å². The Morgan fingerprint density at radius 3 is 2.00 bits per heavy atom. The molecule has 2 aromatic carbocycles. The molecular weight excluding hydrogens is 290 g/mol. The monoisotopic (exact) mass is 315 g/mol. The lowest BCUT2D eigenvalue weighted by Crippen LogP contribution is -2.18. The predicted molar refractivity (Wildman–Crippen MR) is 103 cm³/mol. The van der Waals surface area contributed by atoms with Crippen molar-refractivity contribution in [2.24, 2.45) is 11.8 Å². The van der Waals surface area contributed by atoms with Gasteiger partial charge in [0.1, 0.15) is 0 Å². The van der Waals surface area contributed by atoms with Gasteiger partial charge in [0, 0.05) is 17.9 Å². The molecule has 0 spiro atoms. The van der Waals surface area contributed by atoms with E-state index in [-0.39, 0.29) is 0 Å². The maximum absolute atomic E-state index is 2.51. The number of benzene rings is 2. The van der Waals surface area contributed by atoms with Crippen molar-refractivity contribution in [3.63, 3.8) is 0 Å². The molecule has 1 nitrogen and oxygen atoms in total. The number of nitrogens with zero attached hydrogens (tertiary/aromatic N) is 1. The van der Waals surface area contributed by atoms with Gasteiger partial charge in [-0.2, -0.15) is 0 Å². The molecule has 0 amide bonds. The van der Waals surface area contributed by atoms with Gasteiger partial charge in [-0.25, -0.2) is 0 Å². The minimum Gasteiger partial charge on any atom is -0.341 e. The van der Waals surface area contributed by atoms with Gasteiger partial charge < -0.3 is 4.90 Å². The van der Waals surface area contributed by atoms with E-state index in [2.05, 4.69) is 83.8 Å². The maximum Gasteiger partial charge on any atom is 0.0410 e. The lowest BCUT2D eigenvalue weighted by Gasteiger charge is -2.25. The van der Waals surface area contributed by atoms with Crippen molar-refractivity contribution in [1.82, 2.24) is 0 Å². The van der Waals surface area contributed by atoms with Crippen LogP contribution in [-0.2, 0) is 0 Å². The van der Waals surface area contributed by atoms with Crippen LogP contribution < -0.4 is 4.90 Å². The van der Waals surface area contributed by atoms with Crippen LogP contribution in [0.2, 0.25) is 0 Å². The maximum atomic E-state index is 2.51. The second kappa shape index (κ2) is 7.09. The van der Waals surface area contributed by atoms with Gasteiger partial charge in [0.15, 0.2) is 0 Å². The van der Waals surface area contributed by atoms with E-state index in [0.717, 1.165) is 18.4 Å². The molecule has 2 atom stereocenters. The first-order valence-electron chi connectivity index (χ1n) is 9.17. The first-order chi connectivity index (χ1) is 11.9. The third kappa shape index (κ3) is 3.31. The zero-order valence-corrected chi connectivity index (χ0v) is 14.1. The SMILES string of the molecule is C1=C[C@@H]2C[C@H]1C=C2CCCCN(c1ccccc1)c1ccccc1. The Bertz CT molecular complexity index is 675. The van der Waals surface area contributed by atoms with Gasteiger partial charge in [-0.1, -0.05) is 60.2 Å². The fourth-order valence-electron chi connectivity index (χ4n) is 4.02. The predicted octanol–water partition coefficient (Wildman–Crippen LogP) is 6.13. The van der Waals surface area contributed by atoms with E-state index in [0.29, 0.717) is 0 Å². The van der Waals surface area contributed by atoms with Crippen LogP contribution in [0.25, 0.3) is 0 Å². The van der Waals surface area contributed by atoms with Crippen molar-refractivity contribution < 1.29 is 0 Å². The summed E-state index contributed by atoms with van der Waals surface area (Å²) in [6.45, 7) is 1.07. The summed E-state index contributed by atoms with van der Waals surface area (Å²) in [6, 6.07) is 21.5. The molecule has 0 aliphatic heterocycles. The minimum atomic E-state index is 0.745. The third-order valence-corrected chi connectivity index (χ3v) is 5.25. The Morgan fingerprint density at radius 2 is 1.46 bits per heavy atom. The summed E-state index contributed by atoms with van der Waals surface area (Å²) in [5.41, 5.74) is 4.25. The molecule has 0 N–H and O–H groups in total. The summed E-state index contributed by atoms with van der Waals surface area (Å²) in [7, 11) is 0. The molecule has 24 heavy (non-hydrogen) atoms. The van der Waals surface area contributed by atoms with Crippen molar-refractivity contribution in [1.29, 1.82) is 0 Å². The number of anilines is 2. The normalized spacial score (nSPS) is 21.1. The Kier molecular flexibility index (Phi) is 4.51. The number of hydrogen-bond donors (Lipinski definition) is 0. The summed E-state index contributed by atoms with van der Waals surface area (Å²) < 4.78 is 0. The average Bonchev–Trinajstić information content (AvgIpc) is 3.26. The number of fused-ring (bicyclic) bond motifs is 2. The molecule has 4 rings (SSSR count). The second-order valence-corrected chi connectivity index (χ2v) is 6.91. The first-order valence-corrected chi connectivity index (χ1v) is 9.17. The first kappa shape index (κ1) is 15.3. The van der Waals surface area contributed by atoms with Gasteiger partial charge in [0.25, 0.3) is 0 Å². The third-order valence-electron chi connectivity index (χ3n) is 5.25. The van der Waals surface area contributed by atoms with Crippen LogP contribution in [0.5, 0.6) is 0 Å². The van der Waals surface area contributed by atoms with Crippen molar-refractivity contribution in [3.8, 4) is 0 Å². The van der Waals surface area contributed by atoms with Gasteiger partial charge in [0.05, 0.1) is 0 Å². The molecule has 0 saturated heterocycles. The van der Waals surface area contributed by atoms with E-state index in [9.17, 15) is 0 Å². The highest BCUT2D eigenvalue weighted by molar-refractivity contribution is 5.62. The minimum absolute atomic E-state index is 0.745. The number of allylic oxidation sites excluding steroid dienone is 4. The quantitative estimate of drug-likeness (QED) is 0.439. The number of rotatable bonds is 7. The van der Waals surface area contributed by atoms with Crippen LogP contribution in [0.1, 0.15) is 25.7 Å². The van der Waals surface area contributed by atoms with E-state index < -0.39 is 0 Å². The van der Waals surface area contributed by atoms with E-state index in [4.69, 9.17) is 0 Å². The molecule has 0 fully saturated rings. The lowest BCUT2D eigenvalue weighted by molar-refractivity contribution is 0.659. The number of unbranched alkanes of at least 4 members (excludes halogenated alkanes) is 1. The summed E-state index contributed by atoms with van der Waals surface area (Å²) in [6.07, 6.45) is 12.4. The molecule has 1 heteroatoms. The average molecular weight is 315 g/mol. The lowest BCUT2D eigenvalue weighted by atomic mass is 9.97. The Balaban J connectivity index is 1.37. The van der Waals surface area contributed by atoms with Crippen LogP contribution in [0.15, 0.2) is 84.5 Å². The molecule has 2 aliphatic carbocycles. The Morgan fingerprint density at radius 1 is 0.792 bits per heavy atom. The molecule has 2 aliphatic rings. The van der Waals surface area contributed by atoms with Crippen molar-refractivity contribution in [2.45, 2.75) is 25.7 Å². The van der Waals surface area contributed by atoms with Gasteiger partial charge in [-0.05, 0) is 61.8 Å². The Hall–Kier alpha value is -2.28. The van der Waals surface area contributed by atoms with Gasteiger partial charge >= 0.3 is 0 Å². The zero-order chi connectivity index (χ0) is 16.2. The zero-order valence-electron chi connectivity index (χ0n) is 14.1. The molecular formula is C23H25N. The molecule has 2 aromatic rings. The van der Waals surface area contributed by atoms with Crippen LogP contribution in [-0.4, -0.2) is 6.54 Å². The molecule has 0 aromatic heterocycles. The second-order valence-electron chi connectivity index (χ2n) is 6.91. The highest BCUT2D eigenvalue weighted by atomic mass is 15.1. The van der Waals surface area contributed by atoms with Crippen molar-refractivity contribution in [3.05, 3.63) is 84.5 Å². The fraction of sp³-hybridized carbons (Fsp3) is 0.304. The number of para-hydroxylation sites is 2. The van der Waals surface area contributed by atoms with Gasteiger partial charge in [0.2, 0.25) is 0 Å². The van der Waals surface area contributed by atoms with Crippen LogP contribution in [0, 0.1) is 11.8 Å². The Labute approximate surface area is 145 Å². The van der Waals surface area contributed by atoms with Gasteiger partial charge in [-0.15, -0.1) is 0 Å². The topological polar surface area (TPSA) is 3.24 Å². The molecule has 122 valence electrons. The number of hydrogen-bond acceptors (Lipinski definition) is 1. The summed E-state index contributed by atoms with van der Waals surface area (Å²) >= 11 is 0. The van der Waals surface area contributed by atoms with Crippen LogP contribution >= 0.6 is 0 Å². The molecule has 0 unspecified atom stereocenters. The van der Waals surface area contributed by atoms with Crippen molar-refractivity contribution >= 4 is 11.4 Å². The smallest absolute Gasteiger partial charge is 0.0410 e.